The van der Waals surface area contributed by atoms with Gasteiger partial charge in [0.1, 0.15) is 5.75 Å². The van der Waals surface area contributed by atoms with Crippen molar-refractivity contribution < 1.29 is 5.11 Å². The molecule has 0 aliphatic heterocycles. The first-order chi connectivity index (χ1) is 8.49. The Morgan fingerprint density at radius 3 is 2.56 bits per heavy atom. The van der Waals surface area contributed by atoms with Crippen LogP contribution in [0.1, 0.15) is 26.7 Å². The maximum absolute atomic E-state index is 9.89. The second kappa shape index (κ2) is 4.98. The topological polar surface area (TPSA) is 45.2 Å². The minimum atomic E-state index is 0.372. The first-order valence-electron chi connectivity index (χ1n) is 5.95. The molecule has 1 aromatic carbocycles. The predicted octanol–water partition coefficient (Wildman–Crippen LogP) is 3.69. The summed E-state index contributed by atoms with van der Waals surface area (Å²) in [5.74, 6) is 0.372. The Morgan fingerprint density at radius 1 is 1.22 bits per heavy atom. The Kier molecular flexibility index (Phi) is 3.57. The molecular formula is C14H18N2OS. The van der Waals surface area contributed by atoms with Gasteiger partial charge in [0.05, 0.1) is 17.2 Å². The van der Waals surface area contributed by atoms with Gasteiger partial charge in [0.2, 0.25) is 0 Å². The van der Waals surface area contributed by atoms with Crippen LogP contribution >= 0.6 is 11.3 Å². The lowest BCUT2D eigenvalue weighted by Gasteiger charge is -2.11. The van der Waals surface area contributed by atoms with Crippen molar-refractivity contribution in [2.24, 2.45) is 0 Å². The van der Waals surface area contributed by atoms with Gasteiger partial charge in [-0.3, -0.25) is 0 Å². The zero-order valence-electron chi connectivity index (χ0n) is 11.2. The molecule has 0 amide bonds. The lowest BCUT2D eigenvalue weighted by Crippen LogP contribution is -2.01. The third-order valence-electron chi connectivity index (χ3n) is 3.07. The number of benzene rings is 1. The molecule has 0 atom stereocenters. The molecular weight excluding hydrogens is 244 g/mol. The first-order valence-corrected chi connectivity index (χ1v) is 6.76. The molecule has 0 spiro atoms. The van der Waals surface area contributed by atoms with Crippen molar-refractivity contribution in [3.63, 3.8) is 0 Å². The summed E-state index contributed by atoms with van der Waals surface area (Å²) in [6.45, 7) is 8.63. The monoisotopic (exact) mass is 262 g/mol. The molecule has 18 heavy (non-hydrogen) atoms. The van der Waals surface area contributed by atoms with Crippen molar-refractivity contribution in [2.45, 2.75) is 34.2 Å². The van der Waals surface area contributed by atoms with Crippen molar-refractivity contribution in [3.8, 4) is 5.75 Å². The van der Waals surface area contributed by atoms with Crippen LogP contribution in [0.15, 0.2) is 12.1 Å². The van der Waals surface area contributed by atoms with Crippen LogP contribution in [0.5, 0.6) is 5.75 Å². The fourth-order valence-electron chi connectivity index (χ4n) is 1.94. The van der Waals surface area contributed by atoms with E-state index in [4.69, 9.17) is 0 Å². The van der Waals surface area contributed by atoms with Gasteiger partial charge in [-0.05, 0) is 39.3 Å². The summed E-state index contributed by atoms with van der Waals surface area (Å²) in [6.07, 6.45) is 0. The van der Waals surface area contributed by atoms with Crippen LogP contribution in [0.4, 0.5) is 5.69 Å². The van der Waals surface area contributed by atoms with Gasteiger partial charge in [-0.1, -0.05) is 6.07 Å². The molecule has 2 aromatic rings. The standard InChI is InChI=1S/C14H18N2OS/c1-8-5-6-12(9(2)14(8)17)15-7-13-10(3)16-11(4)18-13/h5-6,15,17H,7H2,1-4H3. The molecule has 1 heterocycles. The molecule has 4 heteroatoms. The van der Waals surface area contributed by atoms with Crippen molar-refractivity contribution >= 4 is 17.0 Å². The molecule has 0 aliphatic rings. The van der Waals surface area contributed by atoms with E-state index in [-0.39, 0.29) is 0 Å². The largest absolute Gasteiger partial charge is 0.507 e. The van der Waals surface area contributed by atoms with E-state index in [0.717, 1.165) is 34.1 Å². The SMILES string of the molecule is Cc1nc(C)c(CNc2ccc(C)c(O)c2C)s1. The van der Waals surface area contributed by atoms with E-state index in [1.165, 1.54) is 4.88 Å². The molecule has 3 nitrogen and oxygen atoms in total. The number of rotatable bonds is 3. The van der Waals surface area contributed by atoms with Crippen molar-refractivity contribution in [1.29, 1.82) is 0 Å². The van der Waals surface area contributed by atoms with Crippen LogP contribution in [0.2, 0.25) is 0 Å². The Bertz CT molecular complexity index is 575. The summed E-state index contributed by atoms with van der Waals surface area (Å²) < 4.78 is 0. The number of aryl methyl sites for hydroxylation is 3. The Hall–Kier alpha value is -1.55. The van der Waals surface area contributed by atoms with Crippen LogP contribution < -0.4 is 5.32 Å². The number of phenols is 1. The molecule has 2 rings (SSSR count). The number of nitrogens with zero attached hydrogens (tertiary/aromatic N) is 1. The van der Waals surface area contributed by atoms with Crippen molar-refractivity contribution in [2.75, 3.05) is 5.32 Å². The Balaban J connectivity index is 2.16. The molecule has 0 bridgehead atoms. The zero-order valence-corrected chi connectivity index (χ0v) is 12.0. The molecule has 0 saturated carbocycles. The van der Waals surface area contributed by atoms with E-state index >= 15 is 0 Å². The van der Waals surface area contributed by atoms with Gasteiger partial charge in [0.15, 0.2) is 0 Å². The number of hydrogen-bond donors (Lipinski definition) is 2. The summed E-state index contributed by atoms with van der Waals surface area (Å²) in [6, 6.07) is 3.93. The number of aromatic hydroxyl groups is 1. The third-order valence-corrected chi connectivity index (χ3v) is 4.14. The molecule has 0 fully saturated rings. The minimum absolute atomic E-state index is 0.372. The number of phenolic OH excluding ortho intramolecular Hbond substituents is 1. The van der Waals surface area contributed by atoms with Crippen LogP contribution in [0.25, 0.3) is 0 Å². The average molecular weight is 262 g/mol. The van der Waals surface area contributed by atoms with E-state index in [1.807, 2.05) is 39.8 Å². The molecule has 96 valence electrons. The predicted molar refractivity (Wildman–Crippen MR) is 76.5 cm³/mol. The molecule has 1 aromatic heterocycles. The Labute approximate surface area is 112 Å². The normalized spacial score (nSPS) is 10.7. The fourth-order valence-corrected chi connectivity index (χ4v) is 2.82. The lowest BCUT2D eigenvalue weighted by atomic mass is 10.1. The molecule has 0 radical (unpaired) electrons. The van der Waals surface area contributed by atoms with Crippen LogP contribution in [-0.4, -0.2) is 10.1 Å². The number of nitrogens with one attached hydrogen (secondary N) is 1. The van der Waals surface area contributed by atoms with Crippen LogP contribution in [0.3, 0.4) is 0 Å². The minimum Gasteiger partial charge on any atom is -0.507 e. The highest BCUT2D eigenvalue weighted by Gasteiger charge is 2.08. The van der Waals surface area contributed by atoms with E-state index in [1.54, 1.807) is 11.3 Å². The van der Waals surface area contributed by atoms with E-state index in [2.05, 4.69) is 10.3 Å². The highest BCUT2D eigenvalue weighted by atomic mass is 32.1. The third kappa shape index (κ3) is 2.48. The number of thiazole rings is 1. The quantitative estimate of drug-likeness (QED) is 0.886. The number of aromatic nitrogens is 1. The summed E-state index contributed by atoms with van der Waals surface area (Å²) in [7, 11) is 0. The zero-order chi connectivity index (χ0) is 13.3. The molecule has 2 N–H and O–H groups in total. The molecule has 0 saturated heterocycles. The second-order valence-corrected chi connectivity index (χ2v) is 5.79. The molecule has 0 aliphatic carbocycles. The van der Waals surface area contributed by atoms with Crippen LogP contribution in [-0.2, 0) is 6.54 Å². The van der Waals surface area contributed by atoms with E-state index in [0.29, 0.717) is 5.75 Å². The van der Waals surface area contributed by atoms with Crippen LogP contribution in [0, 0.1) is 27.7 Å². The summed E-state index contributed by atoms with van der Waals surface area (Å²) >= 11 is 1.71. The van der Waals surface area contributed by atoms with E-state index in [9.17, 15) is 5.11 Å². The summed E-state index contributed by atoms with van der Waals surface area (Å²) in [5.41, 5.74) is 3.86. The Morgan fingerprint density at radius 2 is 1.94 bits per heavy atom. The number of anilines is 1. The highest BCUT2D eigenvalue weighted by molar-refractivity contribution is 7.11. The summed E-state index contributed by atoms with van der Waals surface area (Å²) in [4.78, 5) is 5.65. The maximum Gasteiger partial charge on any atom is 0.123 e. The van der Waals surface area contributed by atoms with Gasteiger partial charge < -0.3 is 10.4 Å². The molecule has 0 unspecified atom stereocenters. The number of hydrogen-bond acceptors (Lipinski definition) is 4. The van der Waals surface area contributed by atoms with Gasteiger partial charge >= 0.3 is 0 Å². The highest BCUT2D eigenvalue weighted by Crippen LogP contribution is 2.29. The maximum atomic E-state index is 9.89. The van der Waals surface area contributed by atoms with Gasteiger partial charge in [0.25, 0.3) is 0 Å². The fraction of sp³-hybridized carbons (Fsp3) is 0.357. The van der Waals surface area contributed by atoms with Crippen molar-refractivity contribution in [3.05, 3.63) is 38.8 Å². The van der Waals surface area contributed by atoms with E-state index < -0.39 is 0 Å². The summed E-state index contributed by atoms with van der Waals surface area (Å²) in [5, 5.41) is 14.3. The smallest absolute Gasteiger partial charge is 0.123 e. The van der Waals surface area contributed by atoms with Gasteiger partial charge in [0, 0.05) is 16.1 Å². The van der Waals surface area contributed by atoms with Gasteiger partial charge in [-0.2, -0.15) is 0 Å². The lowest BCUT2D eigenvalue weighted by molar-refractivity contribution is 0.467. The van der Waals surface area contributed by atoms with Gasteiger partial charge in [-0.15, -0.1) is 11.3 Å². The average Bonchev–Trinajstić information content (AvgIpc) is 2.64. The van der Waals surface area contributed by atoms with Gasteiger partial charge in [-0.25, -0.2) is 4.98 Å². The van der Waals surface area contributed by atoms with Crippen molar-refractivity contribution in [1.82, 2.24) is 4.98 Å². The second-order valence-electron chi connectivity index (χ2n) is 4.50. The first kappa shape index (κ1) is 12.9.